The molecule has 0 bridgehead atoms. The molecule has 0 aromatic heterocycles. The smallest absolute Gasteiger partial charge is 0.408 e. The summed E-state index contributed by atoms with van der Waals surface area (Å²) in [5, 5.41) is 16.5. The van der Waals surface area contributed by atoms with Crippen molar-refractivity contribution < 1.29 is 38.6 Å². The Labute approximate surface area is 276 Å². The van der Waals surface area contributed by atoms with Gasteiger partial charge in [0.2, 0.25) is 17.7 Å². The molecule has 2 aromatic rings. The van der Waals surface area contributed by atoms with E-state index in [0.717, 1.165) is 12.0 Å². The summed E-state index contributed by atoms with van der Waals surface area (Å²) in [6.07, 6.45) is 0.393. The Bertz CT molecular complexity index is 1440. The monoisotopic (exact) mass is 652 g/mol. The molecule has 3 unspecified atom stereocenters. The Morgan fingerprint density at radius 2 is 1.51 bits per heavy atom. The number of hydrogen-bond acceptors (Lipinski definition) is 8. The zero-order valence-corrected chi connectivity index (χ0v) is 28.3. The largest absolute Gasteiger partial charge is 0.507 e. The number of amides is 4. The van der Waals surface area contributed by atoms with Crippen molar-refractivity contribution in [2.75, 3.05) is 0 Å². The number of benzene rings is 2. The van der Waals surface area contributed by atoms with Gasteiger partial charge in [-0.05, 0) is 78.9 Å². The van der Waals surface area contributed by atoms with E-state index in [9.17, 15) is 29.1 Å². The number of ether oxygens (including phenoxy) is 2. The highest BCUT2D eigenvalue weighted by Gasteiger charge is 2.44. The zero-order chi connectivity index (χ0) is 35.1. The molecule has 4 amide bonds. The number of esters is 1. The van der Waals surface area contributed by atoms with Gasteiger partial charge in [0.1, 0.15) is 35.1 Å². The molecule has 0 heterocycles. The highest BCUT2D eigenvalue weighted by molar-refractivity contribution is 5.96. The number of aryl methyl sites for hydroxylation is 1. The van der Waals surface area contributed by atoms with E-state index in [1.807, 2.05) is 30.3 Å². The number of aromatic hydroxyl groups is 1. The van der Waals surface area contributed by atoms with Crippen LogP contribution >= 0.6 is 0 Å². The third-order valence-corrected chi connectivity index (χ3v) is 7.50. The number of carbonyl (C=O) groups is 5. The maximum atomic E-state index is 14.5. The summed E-state index contributed by atoms with van der Waals surface area (Å²) in [4.78, 5) is 68.6. The number of alkyl carbamates (subject to hydrolysis) is 1. The SMILES string of the molecule is Cc1cccc(C(C(=O)NC(Cc2ccccc2)C(=O)OC(C)(C)C)N(C(=O)C(CC(N)=O)NC(=O)OC(C)(C)C)C2CCC2)c1O. The van der Waals surface area contributed by atoms with E-state index in [-0.39, 0.29) is 17.7 Å². The molecule has 0 saturated heterocycles. The number of carbonyl (C=O) groups excluding carboxylic acids is 5. The molecule has 0 aliphatic heterocycles. The quantitative estimate of drug-likeness (QED) is 0.249. The van der Waals surface area contributed by atoms with Crippen LogP contribution in [0.4, 0.5) is 4.79 Å². The van der Waals surface area contributed by atoms with E-state index in [0.29, 0.717) is 18.4 Å². The van der Waals surface area contributed by atoms with Gasteiger partial charge in [-0.3, -0.25) is 14.4 Å². The molecule has 0 spiro atoms. The number of primary amides is 1. The van der Waals surface area contributed by atoms with Crippen LogP contribution in [0.5, 0.6) is 5.75 Å². The number of nitrogens with one attached hydrogen (secondary N) is 2. The van der Waals surface area contributed by atoms with E-state index in [4.69, 9.17) is 15.2 Å². The molecule has 1 fully saturated rings. The number of phenolic OH excluding ortho intramolecular Hbond substituents is 1. The van der Waals surface area contributed by atoms with Gasteiger partial charge in [0.25, 0.3) is 0 Å². The molecule has 5 N–H and O–H groups in total. The maximum absolute atomic E-state index is 14.5. The number of phenols is 1. The van der Waals surface area contributed by atoms with Gasteiger partial charge in [0.15, 0.2) is 0 Å². The summed E-state index contributed by atoms with van der Waals surface area (Å²) in [5.74, 6) is -3.28. The van der Waals surface area contributed by atoms with Gasteiger partial charge in [-0.1, -0.05) is 48.5 Å². The van der Waals surface area contributed by atoms with Crippen molar-refractivity contribution in [2.45, 2.75) is 116 Å². The average Bonchev–Trinajstić information content (AvgIpc) is 2.91. The standard InChI is InChI=1S/C35H48N4O8/c1-21-13-11-18-24(29(21)41)28(30(42)37-26(32(44)46-34(2,3)4)19-22-14-9-8-10-15-22)39(23-16-12-17-23)31(43)25(20-27(36)40)38-33(45)47-35(5,6)7/h8-11,13-15,18,23,25-26,28,41H,12,16-17,19-20H2,1-7H3,(H2,36,40)(H,37,42)(H,38,45). The molecule has 1 saturated carbocycles. The lowest BCUT2D eigenvalue weighted by molar-refractivity contribution is -0.159. The van der Waals surface area contributed by atoms with E-state index in [1.54, 1.807) is 60.6 Å². The fourth-order valence-corrected chi connectivity index (χ4v) is 5.20. The minimum Gasteiger partial charge on any atom is -0.507 e. The number of para-hydroxylation sites is 1. The summed E-state index contributed by atoms with van der Waals surface area (Å²) < 4.78 is 11.0. The van der Waals surface area contributed by atoms with Crippen LogP contribution in [0.15, 0.2) is 48.5 Å². The maximum Gasteiger partial charge on any atom is 0.408 e. The van der Waals surface area contributed by atoms with Crippen LogP contribution in [0.25, 0.3) is 0 Å². The van der Waals surface area contributed by atoms with Crippen LogP contribution in [-0.4, -0.2) is 69.1 Å². The summed E-state index contributed by atoms with van der Waals surface area (Å²) in [6.45, 7) is 11.7. The lowest BCUT2D eigenvalue weighted by atomic mass is 9.87. The van der Waals surface area contributed by atoms with Crippen LogP contribution < -0.4 is 16.4 Å². The van der Waals surface area contributed by atoms with Gasteiger partial charge in [0, 0.05) is 18.0 Å². The molecule has 12 heteroatoms. The number of rotatable bonds is 12. The molecule has 1 aliphatic carbocycles. The third-order valence-electron chi connectivity index (χ3n) is 7.50. The minimum absolute atomic E-state index is 0.0931. The van der Waals surface area contributed by atoms with Crippen LogP contribution in [0.1, 0.15) is 90.0 Å². The highest BCUT2D eigenvalue weighted by atomic mass is 16.6. The molecular weight excluding hydrogens is 604 g/mol. The average molecular weight is 653 g/mol. The Balaban J connectivity index is 2.11. The van der Waals surface area contributed by atoms with Crippen molar-refractivity contribution in [3.05, 3.63) is 65.2 Å². The highest BCUT2D eigenvalue weighted by Crippen LogP contribution is 2.38. The first kappa shape index (κ1) is 36.9. The van der Waals surface area contributed by atoms with Crippen molar-refractivity contribution in [3.63, 3.8) is 0 Å². The predicted molar refractivity (Wildman–Crippen MR) is 175 cm³/mol. The molecular formula is C35H48N4O8. The lowest BCUT2D eigenvalue weighted by Crippen LogP contribution is -2.59. The molecule has 3 rings (SSSR count). The van der Waals surface area contributed by atoms with Crippen LogP contribution in [0.2, 0.25) is 0 Å². The number of nitrogens with zero attached hydrogens (tertiary/aromatic N) is 1. The van der Waals surface area contributed by atoms with Crippen molar-refractivity contribution in [3.8, 4) is 5.75 Å². The number of hydrogen-bond donors (Lipinski definition) is 4. The molecule has 0 radical (unpaired) electrons. The Hall–Kier alpha value is -4.61. The molecule has 3 atom stereocenters. The Morgan fingerprint density at radius 3 is 2.04 bits per heavy atom. The Morgan fingerprint density at radius 1 is 0.894 bits per heavy atom. The Kier molecular flexibility index (Phi) is 12.0. The van der Waals surface area contributed by atoms with Gasteiger partial charge in [-0.25, -0.2) is 9.59 Å². The van der Waals surface area contributed by atoms with Gasteiger partial charge in [-0.15, -0.1) is 0 Å². The first-order valence-electron chi connectivity index (χ1n) is 15.8. The first-order valence-corrected chi connectivity index (χ1v) is 15.8. The van der Waals surface area contributed by atoms with E-state index >= 15 is 0 Å². The summed E-state index contributed by atoms with van der Waals surface area (Å²) >= 11 is 0. The molecule has 256 valence electrons. The van der Waals surface area contributed by atoms with Crippen LogP contribution in [0, 0.1) is 6.92 Å². The van der Waals surface area contributed by atoms with Crippen LogP contribution in [0.3, 0.4) is 0 Å². The minimum atomic E-state index is -1.48. The van der Waals surface area contributed by atoms with Crippen LogP contribution in [-0.2, 0) is 35.1 Å². The third kappa shape index (κ3) is 10.7. The van der Waals surface area contributed by atoms with E-state index in [2.05, 4.69) is 10.6 Å². The number of nitrogens with two attached hydrogens (primary N) is 1. The fraction of sp³-hybridized carbons (Fsp3) is 0.514. The lowest BCUT2D eigenvalue weighted by Gasteiger charge is -2.44. The second-order valence-corrected chi connectivity index (χ2v) is 13.9. The van der Waals surface area contributed by atoms with Crippen molar-refractivity contribution in [1.29, 1.82) is 0 Å². The van der Waals surface area contributed by atoms with Crippen molar-refractivity contribution >= 4 is 29.8 Å². The van der Waals surface area contributed by atoms with Gasteiger partial charge < -0.3 is 35.8 Å². The van der Waals surface area contributed by atoms with Gasteiger partial charge in [-0.2, -0.15) is 0 Å². The summed E-state index contributed by atoms with van der Waals surface area (Å²) in [7, 11) is 0. The predicted octanol–water partition coefficient (Wildman–Crippen LogP) is 3.96. The second kappa shape index (κ2) is 15.3. The molecule has 47 heavy (non-hydrogen) atoms. The summed E-state index contributed by atoms with van der Waals surface area (Å²) in [6, 6.07) is 9.33. The molecule has 1 aliphatic rings. The molecule has 2 aromatic carbocycles. The van der Waals surface area contributed by atoms with Crippen molar-refractivity contribution in [1.82, 2.24) is 15.5 Å². The van der Waals surface area contributed by atoms with Gasteiger partial charge >= 0.3 is 12.1 Å². The van der Waals surface area contributed by atoms with E-state index in [1.165, 1.54) is 11.0 Å². The second-order valence-electron chi connectivity index (χ2n) is 13.9. The topological polar surface area (TPSA) is 177 Å². The zero-order valence-electron chi connectivity index (χ0n) is 28.3. The fourth-order valence-electron chi connectivity index (χ4n) is 5.20. The van der Waals surface area contributed by atoms with Crippen molar-refractivity contribution in [2.24, 2.45) is 5.73 Å². The summed E-state index contributed by atoms with van der Waals surface area (Å²) in [5.41, 5.74) is 5.07. The van der Waals surface area contributed by atoms with Gasteiger partial charge in [0.05, 0.1) is 6.42 Å². The normalized spacial score (nSPS) is 15.3. The first-order chi connectivity index (χ1) is 21.9. The van der Waals surface area contributed by atoms with E-state index < -0.39 is 71.6 Å². The molecule has 12 nitrogen and oxygen atoms in total.